The maximum absolute atomic E-state index is 13.3. The molecule has 0 saturated carbocycles. The van der Waals surface area contributed by atoms with Crippen molar-refractivity contribution in [2.75, 3.05) is 20.2 Å². The molecule has 0 atom stereocenters. The van der Waals surface area contributed by atoms with Gasteiger partial charge in [0.15, 0.2) is 0 Å². The Labute approximate surface area is 176 Å². The van der Waals surface area contributed by atoms with Crippen LogP contribution in [0.4, 0.5) is 4.79 Å². The third kappa shape index (κ3) is 3.99. The lowest BCUT2D eigenvalue weighted by Gasteiger charge is -2.31. The molecule has 0 radical (unpaired) electrons. The molecule has 8 heteroatoms. The Morgan fingerprint density at radius 3 is 2.53 bits per heavy atom. The molecule has 0 aliphatic carbocycles. The Morgan fingerprint density at radius 2 is 1.87 bits per heavy atom. The minimum atomic E-state index is -0.555. The first-order chi connectivity index (χ1) is 14.2. The number of aromatic nitrogens is 2. The summed E-state index contributed by atoms with van der Waals surface area (Å²) in [6.07, 6.45) is 0.270. The van der Waals surface area contributed by atoms with Crippen molar-refractivity contribution in [2.24, 2.45) is 0 Å². The van der Waals surface area contributed by atoms with Crippen LogP contribution in [-0.4, -0.2) is 57.4 Å². The van der Waals surface area contributed by atoms with Crippen molar-refractivity contribution < 1.29 is 19.1 Å². The molecule has 1 aromatic carbocycles. The van der Waals surface area contributed by atoms with E-state index in [1.54, 1.807) is 16.7 Å². The topological polar surface area (TPSA) is 76.9 Å². The lowest BCUT2D eigenvalue weighted by molar-refractivity contribution is 0.0221. The molecule has 0 saturated heterocycles. The molecule has 3 heterocycles. The van der Waals surface area contributed by atoms with Gasteiger partial charge in [-0.05, 0) is 38.5 Å². The quantitative estimate of drug-likeness (QED) is 0.775. The Balaban J connectivity index is 1.53. The van der Waals surface area contributed by atoms with E-state index in [0.717, 1.165) is 22.6 Å². The monoisotopic (exact) mass is 412 g/mol. The van der Waals surface area contributed by atoms with Crippen LogP contribution in [0.5, 0.6) is 5.75 Å². The summed E-state index contributed by atoms with van der Waals surface area (Å²) in [6, 6.07) is 7.73. The normalized spacial score (nSPS) is 16.2. The van der Waals surface area contributed by atoms with Gasteiger partial charge in [-0.3, -0.25) is 9.48 Å². The average Bonchev–Trinajstić information content (AvgIpc) is 3.08. The number of carbonyl (C=O) groups excluding carboxylic acids is 2. The molecule has 2 aliphatic heterocycles. The molecule has 0 fully saturated rings. The van der Waals surface area contributed by atoms with Crippen LogP contribution in [0.15, 0.2) is 24.3 Å². The van der Waals surface area contributed by atoms with Crippen molar-refractivity contribution in [3.8, 4) is 5.75 Å². The lowest BCUT2D eigenvalue weighted by Crippen LogP contribution is -2.42. The van der Waals surface area contributed by atoms with E-state index in [-0.39, 0.29) is 12.0 Å². The van der Waals surface area contributed by atoms with Gasteiger partial charge in [-0.15, -0.1) is 0 Å². The van der Waals surface area contributed by atoms with Crippen LogP contribution in [0.3, 0.4) is 0 Å². The molecule has 1 aromatic heterocycles. The molecule has 0 spiro atoms. The maximum atomic E-state index is 13.3. The van der Waals surface area contributed by atoms with Crippen LogP contribution in [0.25, 0.3) is 0 Å². The van der Waals surface area contributed by atoms with Gasteiger partial charge in [0, 0.05) is 31.6 Å². The average molecular weight is 412 g/mol. The molecule has 0 N–H and O–H groups in total. The summed E-state index contributed by atoms with van der Waals surface area (Å²) >= 11 is 0. The highest BCUT2D eigenvalue weighted by atomic mass is 16.6. The third-order valence-electron chi connectivity index (χ3n) is 5.36. The number of amides is 2. The number of benzene rings is 1. The molecule has 8 nitrogen and oxygen atoms in total. The summed E-state index contributed by atoms with van der Waals surface area (Å²) < 4.78 is 12.5. The highest BCUT2D eigenvalue weighted by Crippen LogP contribution is 2.27. The van der Waals surface area contributed by atoms with Crippen LogP contribution in [-0.2, 0) is 30.8 Å². The second-order valence-electron chi connectivity index (χ2n) is 8.72. The number of fused-ring (bicyclic) bond motifs is 3. The number of hydrogen-bond donors (Lipinski definition) is 0. The van der Waals surface area contributed by atoms with E-state index < -0.39 is 5.60 Å². The van der Waals surface area contributed by atoms with E-state index in [1.165, 1.54) is 0 Å². The van der Waals surface area contributed by atoms with Crippen LogP contribution in [0.1, 0.15) is 48.1 Å². The zero-order valence-corrected chi connectivity index (χ0v) is 18.0. The molecule has 2 aromatic rings. The molecular weight excluding hydrogens is 384 g/mol. The Kier molecular flexibility index (Phi) is 5.17. The molecule has 30 heavy (non-hydrogen) atoms. The Hall–Kier alpha value is -3.03. The predicted molar refractivity (Wildman–Crippen MR) is 110 cm³/mol. The second-order valence-corrected chi connectivity index (χ2v) is 8.72. The van der Waals surface area contributed by atoms with E-state index in [0.29, 0.717) is 44.8 Å². The van der Waals surface area contributed by atoms with Crippen molar-refractivity contribution in [3.05, 3.63) is 46.8 Å². The molecular formula is C22H28N4O4. The number of methoxy groups -OCH3 is 1. The largest absolute Gasteiger partial charge is 0.497 e. The van der Waals surface area contributed by atoms with E-state index >= 15 is 0 Å². The van der Waals surface area contributed by atoms with Gasteiger partial charge in [-0.25, -0.2) is 4.79 Å². The predicted octanol–water partition coefficient (Wildman–Crippen LogP) is 2.84. The molecule has 160 valence electrons. The van der Waals surface area contributed by atoms with Gasteiger partial charge in [-0.2, -0.15) is 5.10 Å². The lowest BCUT2D eigenvalue weighted by atomic mass is 10.0. The fourth-order valence-electron chi connectivity index (χ4n) is 3.88. The molecule has 2 amide bonds. The number of ether oxygens (including phenoxy) is 2. The third-order valence-corrected chi connectivity index (χ3v) is 5.36. The first kappa shape index (κ1) is 20.3. The van der Waals surface area contributed by atoms with Crippen molar-refractivity contribution in [1.82, 2.24) is 19.6 Å². The minimum absolute atomic E-state index is 0.0446. The van der Waals surface area contributed by atoms with Gasteiger partial charge >= 0.3 is 6.09 Å². The molecule has 0 bridgehead atoms. The van der Waals surface area contributed by atoms with Crippen LogP contribution >= 0.6 is 0 Å². The first-order valence-corrected chi connectivity index (χ1v) is 10.2. The van der Waals surface area contributed by atoms with E-state index in [4.69, 9.17) is 9.47 Å². The second kappa shape index (κ2) is 7.66. The SMILES string of the molecule is COc1ccc(CN2CCn3nc4c(c3C2=O)CN(C(=O)OC(C)(C)C)CC4)cc1. The zero-order chi connectivity index (χ0) is 21.5. The summed E-state index contributed by atoms with van der Waals surface area (Å²) in [7, 11) is 1.63. The highest BCUT2D eigenvalue weighted by Gasteiger charge is 2.35. The zero-order valence-electron chi connectivity index (χ0n) is 18.0. The van der Waals surface area contributed by atoms with E-state index in [1.807, 2.05) is 49.9 Å². The van der Waals surface area contributed by atoms with E-state index in [2.05, 4.69) is 5.10 Å². The highest BCUT2D eigenvalue weighted by molar-refractivity contribution is 5.95. The minimum Gasteiger partial charge on any atom is -0.497 e. The van der Waals surface area contributed by atoms with Crippen molar-refractivity contribution in [1.29, 1.82) is 0 Å². The van der Waals surface area contributed by atoms with Crippen molar-refractivity contribution in [2.45, 2.75) is 52.4 Å². The smallest absolute Gasteiger partial charge is 0.410 e. The van der Waals surface area contributed by atoms with Crippen LogP contribution < -0.4 is 4.74 Å². The number of nitrogens with zero attached hydrogens (tertiary/aromatic N) is 4. The van der Waals surface area contributed by atoms with Crippen LogP contribution in [0.2, 0.25) is 0 Å². The number of rotatable bonds is 3. The maximum Gasteiger partial charge on any atom is 0.410 e. The molecule has 0 unspecified atom stereocenters. The fourth-order valence-corrected chi connectivity index (χ4v) is 3.88. The first-order valence-electron chi connectivity index (χ1n) is 10.2. The molecule has 2 aliphatic rings. The summed E-state index contributed by atoms with van der Waals surface area (Å²) in [5, 5.41) is 4.65. The summed E-state index contributed by atoms with van der Waals surface area (Å²) in [6.45, 7) is 8.22. The number of hydrogen-bond acceptors (Lipinski definition) is 5. The van der Waals surface area contributed by atoms with Gasteiger partial charge in [0.2, 0.25) is 0 Å². The standard InChI is InChI=1S/C22H28N4O4/c1-22(2,3)30-21(28)25-10-9-18-17(14-25)19-20(27)24(11-12-26(19)23-18)13-15-5-7-16(29-4)8-6-15/h5-8H,9-14H2,1-4H3. The van der Waals surface area contributed by atoms with Crippen molar-refractivity contribution >= 4 is 12.0 Å². The summed E-state index contributed by atoms with van der Waals surface area (Å²) in [4.78, 5) is 29.3. The van der Waals surface area contributed by atoms with Crippen LogP contribution in [0, 0.1) is 0 Å². The number of carbonyl (C=O) groups is 2. The van der Waals surface area contributed by atoms with Gasteiger partial charge in [0.25, 0.3) is 5.91 Å². The molecule has 4 rings (SSSR count). The van der Waals surface area contributed by atoms with E-state index in [9.17, 15) is 9.59 Å². The Morgan fingerprint density at radius 1 is 1.13 bits per heavy atom. The van der Waals surface area contributed by atoms with Gasteiger partial charge < -0.3 is 19.3 Å². The van der Waals surface area contributed by atoms with Gasteiger partial charge in [0.1, 0.15) is 17.0 Å². The van der Waals surface area contributed by atoms with Gasteiger partial charge in [0.05, 0.1) is 25.9 Å². The summed E-state index contributed by atoms with van der Waals surface area (Å²) in [5.74, 6) is 0.745. The van der Waals surface area contributed by atoms with Crippen molar-refractivity contribution in [3.63, 3.8) is 0 Å². The Bertz CT molecular complexity index is 959. The fraction of sp³-hybridized carbons (Fsp3) is 0.500. The summed E-state index contributed by atoms with van der Waals surface area (Å²) in [5.41, 5.74) is 2.83. The van der Waals surface area contributed by atoms with Gasteiger partial charge in [-0.1, -0.05) is 12.1 Å².